The van der Waals surface area contributed by atoms with E-state index >= 15 is 0 Å². The van der Waals surface area contributed by atoms with Crippen LogP contribution >= 0.6 is 11.3 Å². The summed E-state index contributed by atoms with van der Waals surface area (Å²) in [7, 11) is 0. The highest BCUT2D eigenvalue weighted by Gasteiger charge is 2.13. The summed E-state index contributed by atoms with van der Waals surface area (Å²) in [5, 5.41) is 9.29. The van der Waals surface area contributed by atoms with E-state index in [0.717, 1.165) is 23.5 Å². The third kappa shape index (κ3) is 5.79. The second-order valence-corrected chi connectivity index (χ2v) is 6.74. The fourth-order valence-electron chi connectivity index (χ4n) is 2.35. The molecule has 10 heteroatoms. The van der Waals surface area contributed by atoms with Crippen molar-refractivity contribution in [1.82, 2.24) is 10.3 Å². The SMILES string of the molecule is O=C(Cc1csc(NC(=O)Nc2ccc(F)cc2)n1)NCc1c(F)cccc1F. The van der Waals surface area contributed by atoms with E-state index in [1.54, 1.807) is 5.38 Å². The van der Waals surface area contributed by atoms with Crippen LogP contribution in [0, 0.1) is 17.5 Å². The quantitative estimate of drug-likeness (QED) is 0.562. The molecule has 0 unspecified atom stereocenters. The molecule has 150 valence electrons. The molecule has 0 aliphatic heterocycles. The Kier molecular flexibility index (Phi) is 6.45. The van der Waals surface area contributed by atoms with Crippen molar-refractivity contribution >= 4 is 34.1 Å². The van der Waals surface area contributed by atoms with Gasteiger partial charge in [0.1, 0.15) is 17.5 Å². The average Bonchev–Trinajstić information content (AvgIpc) is 3.09. The molecule has 6 nitrogen and oxygen atoms in total. The van der Waals surface area contributed by atoms with Crippen molar-refractivity contribution in [3.8, 4) is 0 Å². The van der Waals surface area contributed by atoms with Gasteiger partial charge < -0.3 is 10.6 Å². The van der Waals surface area contributed by atoms with Gasteiger partial charge in [-0.25, -0.2) is 22.9 Å². The Hall–Kier alpha value is -3.40. The van der Waals surface area contributed by atoms with Gasteiger partial charge in [-0.2, -0.15) is 0 Å². The fourth-order valence-corrected chi connectivity index (χ4v) is 3.06. The third-order valence-electron chi connectivity index (χ3n) is 3.74. The molecule has 0 aliphatic carbocycles. The maximum absolute atomic E-state index is 13.6. The second-order valence-electron chi connectivity index (χ2n) is 5.88. The molecule has 0 saturated heterocycles. The van der Waals surface area contributed by atoms with Crippen molar-refractivity contribution in [3.63, 3.8) is 0 Å². The summed E-state index contributed by atoms with van der Waals surface area (Å²) in [4.78, 5) is 28.0. The minimum Gasteiger partial charge on any atom is -0.351 e. The zero-order chi connectivity index (χ0) is 20.8. The molecule has 29 heavy (non-hydrogen) atoms. The number of thiazole rings is 1. The lowest BCUT2D eigenvalue weighted by atomic mass is 10.2. The molecule has 3 aromatic rings. The topological polar surface area (TPSA) is 83.1 Å². The highest BCUT2D eigenvalue weighted by atomic mass is 32.1. The van der Waals surface area contributed by atoms with Gasteiger partial charge in [-0.05, 0) is 36.4 Å². The second kappa shape index (κ2) is 9.20. The smallest absolute Gasteiger partial charge is 0.325 e. The summed E-state index contributed by atoms with van der Waals surface area (Å²) in [6.45, 7) is -0.285. The maximum atomic E-state index is 13.6. The molecule has 1 heterocycles. The Labute approximate surface area is 167 Å². The average molecular weight is 420 g/mol. The predicted molar refractivity (Wildman–Crippen MR) is 103 cm³/mol. The van der Waals surface area contributed by atoms with Gasteiger partial charge in [-0.3, -0.25) is 10.1 Å². The van der Waals surface area contributed by atoms with E-state index in [1.165, 1.54) is 30.3 Å². The van der Waals surface area contributed by atoms with Crippen LogP contribution in [0.4, 0.5) is 28.8 Å². The van der Waals surface area contributed by atoms with Gasteiger partial charge in [0.2, 0.25) is 5.91 Å². The summed E-state index contributed by atoms with van der Waals surface area (Å²) in [5.41, 5.74) is 0.568. The standard InChI is InChI=1S/C19H15F3N4O2S/c20-11-4-6-12(7-5-11)24-18(28)26-19-25-13(10-29-19)8-17(27)23-9-14-15(21)2-1-3-16(14)22/h1-7,10H,8-9H2,(H,23,27)(H2,24,25,26,28). The van der Waals surface area contributed by atoms with Crippen LogP contribution < -0.4 is 16.0 Å². The van der Waals surface area contributed by atoms with E-state index in [1.807, 2.05) is 0 Å². The molecule has 3 amide bonds. The van der Waals surface area contributed by atoms with Crippen molar-refractivity contribution < 1.29 is 22.8 Å². The molecule has 0 aliphatic rings. The predicted octanol–water partition coefficient (Wildman–Crippen LogP) is 4.06. The molecular weight excluding hydrogens is 405 g/mol. The molecule has 0 fully saturated rings. The number of benzene rings is 2. The molecule has 0 saturated carbocycles. The maximum Gasteiger partial charge on any atom is 0.325 e. The minimum atomic E-state index is -0.738. The molecule has 0 bridgehead atoms. The van der Waals surface area contributed by atoms with Crippen molar-refractivity contribution in [2.75, 3.05) is 10.6 Å². The number of carbonyl (C=O) groups is 2. The van der Waals surface area contributed by atoms with Crippen LogP contribution in [0.3, 0.4) is 0 Å². The number of nitrogens with one attached hydrogen (secondary N) is 3. The number of nitrogens with zero attached hydrogens (tertiary/aromatic N) is 1. The summed E-state index contributed by atoms with van der Waals surface area (Å²) >= 11 is 1.11. The first-order chi connectivity index (χ1) is 13.9. The first kappa shape index (κ1) is 20.3. The van der Waals surface area contributed by atoms with Crippen molar-refractivity contribution in [2.24, 2.45) is 0 Å². The van der Waals surface area contributed by atoms with Crippen LogP contribution in [0.25, 0.3) is 0 Å². The largest absolute Gasteiger partial charge is 0.351 e. The highest BCUT2D eigenvalue weighted by molar-refractivity contribution is 7.14. The Bertz CT molecular complexity index is 1000. The number of carbonyl (C=O) groups excluding carboxylic acids is 2. The lowest BCUT2D eigenvalue weighted by Crippen LogP contribution is -2.25. The molecule has 0 spiro atoms. The number of hydrogen-bond acceptors (Lipinski definition) is 4. The number of hydrogen-bond donors (Lipinski definition) is 3. The van der Waals surface area contributed by atoms with Gasteiger partial charge >= 0.3 is 6.03 Å². The lowest BCUT2D eigenvalue weighted by Gasteiger charge is -2.06. The summed E-state index contributed by atoms with van der Waals surface area (Å²) in [6.07, 6.45) is -0.117. The van der Waals surface area contributed by atoms with Crippen LogP contribution in [-0.2, 0) is 17.8 Å². The monoisotopic (exact) mass is 420 g/mol. The van der Waals surface area contributed by atoms with E-state index in [-0.39, 0.29) is 23.7 Å². The van der Waals surface area contributed by atoms with Crippen LogP contribution in [0.2, 0.25) is 0 Å². The first-order valence-electron chi connectivity index (χ1n) is 8.38. The van der Waals surface area contributed by atoms with Gasteiger partial charge in [0.25, 0.3) is 0 Å². The molecule has 0 radical (unpaired) electrons. The van der Waals surface area contributed by atoms with E-state index < -0.39 is 29.4 Å². The summed E-state index contributed by atoms with van der Waals surface area (Å²) in [5.74, 6) is -2.37. The number of amides is 3. The van der Waals surface area contributed by atoms with Gasteiger partial charge in [0, 0.05) is 23.2 Å². The highest BCUT2D eigenvalue weighted by Crippen LogP contribution is 2.17. The number of halogens is 3. The number of rotatable bonds is 6. The van der Waals surface area contributed by atoms with E-state index in [4.69, 9.17) is 0 Å². The van der Waals surface area contributed by atoms with Gasteiger partial charge in [-0.1, -0.05) is 6.07 Å². The molecular formula is C19H15F3N4O2S. The first-order valence-corrected chi connectivity index (χ1v) is 9.26. The van der Waals surface area contributed by atoms with E-state index in [9.17, 15) is 22.8 Å². The third-order valence-corrected chi connectivity index (χ3v) is 4.55. The zero-order valence-corrected chi connectivity index (χ0v) is 15.7. The van der Waals surface area contributed by atoms with Crippen LogP contribution in [-0.4, -0.2) is 16.9 Å². The van der Waals surface area contributed by atoms with Gasteiger partial charge in [0.05, 0.1) is 12.1 Å². The molecule has 3 rings (SSSR count). The van der Waals surface area contributed by atoms with Crippen LogP contribution in [0.15, 0.2) is 47.8 Å². The van der Waals surface area contributed by atoms with Crippen LogP contribution in [0.1, 0.15) is 11.3 Å². The number of anilines is 2. The zero-order valence-electron chi connectivity index (χ0n) is 14.8. The Balaban J connectivity index is 1.49. The summed E-state index contributed by atoms with van der Waals surface area (Å²) < 4.78 is 40.0. The van der Waals surface area contributed by atoms with E-state index in [0.29, 0.717) is 11.4 Å². The summed E-state index contributed by atoms with van der Waals surface area (Å²) in [6, 6.07) is 8.13. The van der Waals surface area contributed by atoms with Gasteiger partial charge in [-0.15, -0.1) is 11.3 Å². The molecule has 0 atom stereocenters. The van der Waals surface area contributed by atoms with Crippen molar-refractivity contribution in [2.45, 2.75) is 13.0 Å². The normalized spacial score (nSPS) is 10.4. The Morgan fingerprint density at radius 2 is 1.66 bits per heavy atom. The Morgan fingerprint density at radius 1 is 0.966 bits per heavy atom. The minimum absolute atomic E-state index is 0.117. The molecule has 1 aromatic heterocycles. The lowest BCUT2D eigenvalue weighted by molar-refractivity contribution is -0.120. The van der Waals surface area contributed by atoms with Crippen molar-refractivity contribution in [3.05, 3.63) is 76.6 Å². The number of urea groups is 1. The Morgan fingerprint density at radius 3 is 2.34 bits per heavy atom. The molecule has 2 aromatic carbocycles. The van der Waals surface area contributed by atoms with Crippen LogP contribution in [0.5, 0.6) is 0 Å². The van der Waals surface area contributed by atoms with E-state index in [2.05, 4.69) is 20.9 Å². The van der Waals surface area contributed by atoms with Crippen molar-refractivity contribution in [1.29, 1.82) is 0 Å². The fraction of sp³-hybridized carbons (Fsp3) is 0.105. The van der Waals surface area contributed by atoms with Gasteiger partial charge in [0.15, 0.2) is 5.13 Å². The molecule has 3 N–H and O–H groups in total. The number of aromatic nitrogens is 1.